The SMILES string of the molecule is NCC1(CC(=O)N2CCOC(c3ccsc3)C2)CCCCC1. The molecule has 1 aromatic heterocycles. The van der Waals surface area contributed by atoms with E-state index in [0.29, 0.717) is 32.7 Å². The minimum absolute atomic E-state index is 0.0316. The second kappa shape index (κ2) is 7.11. The monoisotopic (exact) mass is 322 g/mol. The average molecular weight is 322 g/mol. The van der Waals surface area contributed by atoms with Crippen LogP contribution in [0.4, 0.5) is 0 Å². The first-order valence-electron chi connectivity index (χ1n) is 8.34. The zero-order valence-electron chi connectivity index (χ0n) is 13.1. The van der Waals surface area contributed by atoms with Crippen molar-refractivity contribution in [1.29, 1.82) is 0 Å². The maximum absolute atomic E-state index is 12.8. The molecule has 5 heteroatoms. The molecule has 122 valence electrons. The first-order chi connectivity index (χ1) is 10.7. The minimum atomic E-state index is 0.0316. The molecule has 1 atom stereocenters. The van der Waals surface area contributed by atoms with Crippen LogP contribution >= 0.6 is 11.3 Å². The molecule has 1 unspecified atom stereocenters. The molecule has 2 heterocycles. The van der Waals surface area contributed by atoms with E-state index in [9.17, 15) is 4.79 Å². The largest absolute Gasteiger partial charge is 0.370 e. The summed E-state index contributed by atoms with van der Waals surface area (Å²) in [6.07, 6.45) is 6.56. The fourth-order valence-corrected chi connectivity index (χ4v) is 4.42. The summed E-state index contributed by atoms with van der Waals surface area (Å²) in [5, 5.41) is 4.17. The Labute approximate surface area is 136 Å². The summed E-state index contributed by atoms with van der Waals surface area (Å²) in [5.41, 5.74) is 7.26. The van der Waals surface area contributed by atoms with Gasteiger partial charge in [-0.3, -0.25) is 4.79 Å². The number of hydrogen-bond acceptors (Lipinski definition) is 4. The minimum Gasteiger partial charge on any atom is -0.370 e. The molecule has 1 aliphatic heterocycles. The van der Waals surface area contributed by atoms with Gasteiger partial charge in [-0.2, -0.15) is 11.3 Å². The van der Waals surface area contributed by atoms with Gasteiger partial charge in [0.1, 0.15) is 6.10 Å². The van der Waals surface area contributed by atoms with Crippen LogP contribution in [0.1, 0.15) is 50.2 Å². The van der Waals surface area contributed by atoms with E-state index in [-0.39, 0.29) is 17.4 Å². The first kappa shape index (κ1) is 16.0. The molecule has 0 bridgehead atoms. The number of hydrogen-bond donors (Lipinski definition) is 1. The third-order valence-corrected chi connectivity index (χ3v) is 5.91. The highest BCUT2D eigenvalue weighted by molar-refractivity contribution is 7.07. The molecule has 2 N–H and O–H groups in total. The van der Waals surface area contributed by atoms with Gasteiger partial charge in [0.05, 0.1) is 13.2 Å². The van der Waals surface area contributed by atoms with Gasteiger partial charge in [0.2, 0.25) is 5.91 Å². The van der Waals surface area contributed by atoms with Gasteiger partial charge >= 0.3 is 0 Å². The summed E-state index contributed by atoms with van der Waals surface area (Å²) in [5.74, 6) is 0.260. The van der Waals surface area contributed by atoms with E-state index in [1.165, 1.54) is 24.8 Å². The van der Waals surface area contributed by atoms with E-state index in [0.717, 1.165) is 12.8 Å². The van der Waals surface area contributed by atoms with Gasteiger partial charge in [-0.25, -0.2) is 0 Å². The quantitative estimate of drug-likeness (QED) is 0.927. The van der Waals surface area contributed by atoms with Crippen molar-refractivity contribution in [2.45, 2.75) is 44.6 Å². The van der Waals surface area contributed by atoms with E-state index in [1.807, 2.05) is 4.90 Å². The van der Waals surface area contributed by atoms with E-state index >= 15 is 0 Å². The number of carbonyl (C=O) groups is 1. The van der Waals surface area contributed by atoms with E-state index in [2.05, 4.69) is 16.8 Å². The average Bonchev–Trinajstić information content (AvgIpc) is 3.10. The highest BCUT2D eigenvalue weighted by Gasteiger charge is 2.35. The zero-order valence-corrected chi connectivity index (χ0v) is 13.9. The number of carbonyl (C=O) groups excluding carboxylic acids is 1. The highest BCUT2D eigenvalue weighted by Crippen LogP contribution is 2.39. The van der Waals surface area contributed by atoms with Crippen molar-refractivity contribution in [2.24, 2.45) is 11.1 Å². The van der Waals surface area contributed by atoms with Crippen LogP contribution in [0.5, 0.6) is 0 Å². The summed E-state index contributed by atoms with van der Waals surface area (Å²) in [6.45, 7) is 2.65. The van der Waals surface area contributed by atoms with Crippen LogP contribution in [0.25, 0.3) is 0 Å². The maximum atomic E-state index is 12.8. The lowest BCUT2D eigenvalue weighted by Crippen LogP contribution is -2.45. The molecule has 1 amide bonds. The second-order valence-corrected chi connectivity index (χ2v) is 7.48. The van der Waals surface area contributed by atoms with E-state index in [4.69, 9.17) is 10.5 Å². The van der Waals surface area contributed by atoms with Gasteiger partial charge < -0.3 is 15.4 Å². The molecule has 1 saturated carbocycles. The number of rotatable bonds is 4. The van der Waals surface area contributed by atoms with E-state index < -0.39 is 0 Å². The van der Waals surface area contributed by atoms with Crippen LogP contribution in [0.3, 0.4) is 0 Å². The van der Waals surface area contributed by atoms with Gasteiger partial charge in [0.25, 0.3) is 0 Å². The van der Waals surface area contributed by atoms with Gasteiger partial charge in [-0.05, 0) is 47.2 Å². The smallest absolute Gasteiger partial charge is 0.223 e. The lowest BCUT2D eigenvalue weighted by atomic mass is 9.71. The van der Waals surface area contributed by atoms with Crippen molar-refractivity contribution in [3.63, 3.8) is 0 Å². The fraction of sp³-hybridized carbons (Fsp3) is 0.706. The third-order valence-electron chi connectivity index (χ3n) is 5.21. The van der Waals surface area contributed by atoms with Gasteiger partial charge in [-0.1, -0.05) is 19.3 Å². The molecule has 1 aliphatic carbocycles. The number of ether oxygens (including phenoxy) is 1. The van der Waals surface area contributed by atoms with Crippen molar-refractivity contribution in [3.8, 4) is 0 Å². The number of thiophene rings is 1. The predicted molar refractivity (Wildman–Crippen MR) is 88.8 cm³/mol. The first-order valence-corrected chi connectivity index (χ1v) is 9.28. The third kappa shape index (κ3) is 3.53. The fourth-order valence-electron chi connectivity index (χ4n) is 3.72. The lowest BCUT2D eigenvalue weighted by molar-refractivity contribution is -0.142. The Morgan fingerprint density at radius 2 is 2.23 bits per heavy atom. The van der Waals surface area contributed by atoms with Crippen molar-refractivity contribution >= 4 is 17.2 Å². The maximum Gasteiger partial charge on any atom is 0.223 e. The lowest BCUT2D eigenvalue weighted by Gasteiger charge is -2.39. The molecule has 4 nitrogen and oxygen atoms in total. The van der Waals surface area contributed by atoms with Gasteiger partial charge in [0.15, 0.2) is 0 Å². The molecule has 2 aliphatic rings. The Bertz CT molecular complexity index is 483. The Morgan fingerprint density at radius 3 is 2.91 bits per heavy atom. The zero-order chi connectivity index (χ0) is 15.4. The predicted octanol–water partition coefficient (Wildman–Crippen LogP) is 2.95. The number of nitrogens with two attached hydrogens (primary N) is 1. The number of nitrogens with zero attached hydrogens (tertiary/aromatic N) is 1. The van der Waals surface area contributed by atoms with Crippen LogP contribution < -0.4 is 5.73 Å². The summed E-state index contributed by atoms with van der Waals surface area (Å²) >= 11 is 1.67. The molecule has 0 aromatic carbocycles. The molecule has 3 rings (SSSR count). The highest BCUT2D eigenvalue weighted by atomic mass is 32.1. The second-order valence-electron chi connectivity index (χ2n) is 6.70. The summed E-state index contributed by atoms with van der Waals surface area (Å²) in [7, 11) is 0. The summed E-state index contributed by atoms with van der Waals surface area (Å²) < 4.78 is 5.83. The molecule has 2 fully saturated rings. The molecule has 0 spiro atoms. The Morgan fingerprint density at radius 1 is 1.41 bits per heavy atom. The Kier molecular flexibility index (Phi) is 5.16. The normalized spacial score (nSPS) is 25.1. The molecule has 1 saturated heterocycles. The van der Waals surface area contributed by atoms with Crippen molar-refractivity contribution < 1.29 is 9.53 Å². The topological polar surface area (TPSA) is 55.6 Å². The van der Waals surface area contributed by atoms with Crippen LogP contribution in [-0.4, -0.2) is 37.0 Å². The van der Waals surface area contributed by atoms with Gasteiger partial charge in [0, 0.05) is 13.0 Å². The molecular formula is C17H26N2O2S. The van der Waals surface area contributed by atoms with Crippen molar-refractivity contribution in [1.82, 2.24) is 4.90 Å². The number of morpholine rings is 1. The standard InChI is InChI=1S/C17H26N2O2S/c18-13-17(5-2-1-3-6-17)10-16(20)19-7-8-21-15(11-19)14-4-9-22-12-14/h4,9,12,15H,1-3,5-8,10-11,13,18H2. The van der Waals surface area contributed by atoms with Crippen LogP contribution in [-0.2, 0) is 9.53 Å². The van der Waals surface area contributed by atoms with Gasteiger partial charge in [-0.15, -0.1) is 0 Å². The Hall–Kier alpha value is -0.910. The Balaban J connectivity index is 1.61. The molecule has 22 heavy (non-hydrogen) atoms. The van der Waals surface area contributed by atoms with E-state index in [1.54, 1.807) is 11.3 Å². The van der Waals surface area contributed by atoms with Crippen LogP contribution in [0.2, 0.25) is 0 Å². The van der Waals surface area contributed by atoms with Crippen LogP contribution in [0, 0.1) is 5.41 Å². The summed E-state index contributed by atoms with van der Waals surface area (Å²) in [4.78, 5) is 14.7. The molecule has 0 radical (unpaired) electrons. The van der Waals surface area contributed by atoms with Crippen molar-refractivity contribution in [2.75, 3.05) is 26.2 Å². The van der Waals surface area contributed by atoms with Crippen molar-refractivity contribution in [3.05, 3.63) is 22.4 Å². The molecular weight excluding hydrogens is 296 g/mol. The summed E-state index contributed by atoms with van der Waals surface area (Å²) in [6, 6.07) is 2.09. The number of amides is 1. The molecule has 1 aromatic rings. The van der Waals surface area contributed by atoms with Crippen LogP contribution in [0.15, 0.2) is 16.8 Å².